The van der Waals surface area contributed by atoms with Crippen LogP contribution in [0.25, 0.3) is 0 Å². The number of aromatic nitrogens is 3. The van der Waals surface area contributed by atoms with Crippen molar-refractivity contribution in [2.24, 2.45) is 0 Å². The number of pyridine rings is 1. The Morgan fingerprint density at radius 2 is 1.75 bits per heavy atom. The van der Waals surface area contributed by atoms with Crippen molar-refractivity contribution in [3.8, 4) is 0 Å². The summed E-state index contributed by atoms with van der Waals surface area (Å²) >= 11 is 0. The summed E-state index contributed by atoms with van der Waals surface area (Å²) in [6, 6.07) is 7.67. The summed E-state index contributed by atoms with van der Waals surface area (Å²) in [6.45, 7) is 6.12. The predicted molar refractivity (Wildman–Crippen MR) is 77.5 cm³/mol. The summed E-state index contributed by atoms with van der Waals surface area (Å²) in [4.78, 5) is 16.3. The van der Waals surface area contributed by atoms with Gasteiger partial charge >= 0.3 is 0 Å². The van der Waals surface area contributed by atoms with Crippen LogP contribution >= 0.6 is 0 Å². The molecule has 0 atom stereocenters. The van der Waals surface area contributed by atoms with Crippen molar-refractivity contribution in [3.63, 3.8) is 0 Å². The predicted octanol–water partition coefficient (Wildman–Crippen LogP) is 2.66. The van der Waals surface area contributed by atoms with E-state index in [2.05, 4.69) is 29.0 Å². The van der Waals surface area contributed by atoms with Crippen molar-refractivity contribution in [2.45, 2.75) is 39.5 Å². The molecule has 2 aromatic rings. The Morgan fingerprint density at radius 3 is 2.30 bits per heavy atom. The first-order valence-corrected chi connectivity index (χ1v) is 6.80. The molecular formula is C16H19N3O. The topological polar surface area (TPSA) is 55.7 Å². The van der Waals surface area contributed by atoms with Crippen LogP contribution in [0.1, 0.15) is 42.4 Å². The number of Topliss-reactive ketones (excluding diaryl/α,β-unsaturated/α-hetero) is 1. The minimum absolute atomic E-state index is 0.105. The molecule has 4 nitrogen and oxygen atoms in total. The summed E-state index contributed by atoms with van der Waals surface area (Å²) in [6.07, 6.45) is 2.49. The number of carbonyl (C=O) groups is 1. The Hall–Kier alpha value is -2.10. The maximum Gasteiger partial charge on any atom is 0.144 e. The number of rotatable bonds is 5. The van der Waals surface area contributed by atoms with Crippen molar-refractivity contribution in [3.05, 3.63) is 53.1 Å². The monoisotopic (exact) mass is 269 g/mol. The number of aryl methyl sites for hydroxylation is 1. The molecule has 4 heteroatoms. The zero-order valence-electron chi connectivity index (χ0n) is 12.1. The Bertz CT molecular complexity index is 574. The van der Waals surface area contributed by atoms with Gasteiger partial charge in [0.05, 0.1) is 17.8 Å². The number of hydrogen-bond acceptors (Lipinski definition) is 4. The summed E-state index contributed by atoms with van der Waals surface area (Å²) in [5.74, 6) is 0.558. The maximum atomic E-state index is 12.0. The van der Waals surface area contributed by atoms with Crippen LogP contribution in [0.3, 0.4) is 0 Å². The van der Waals surface area contributed by atoms with Crippen molar-refractivity contribution >= 4 is 5.78 Å². The van der Waals surface area contributed by atoms with E-state index in [1.54, 1.807) is 0 Å². The van der Waals surface area contributed by atoms with Crippen LogP contribution in [0, 0.1) is 6.92 Å². The van der Waals surface area contributed by atoms with E-state index < -0.39 is 0 Å². The first-order valence-electron chi connectivity index (χ1n) is 6.80. The second kappa shape index (κ2) is 6.37. The highest BCUT2D eigenvalue weighted by molar-refractivity contribution is 5.82. The fraction of sp³-hybridized carbons (Fsp3) is 0.375. The lowest BCUT2D eigenvalue weighted by atomic mass is 10.0. The van der Waals surface area contributed by atoms with E-state index in [0.717, 1.165) is 11.4 Å². The van der Waals surface area contributed by atoms with E-state index in [0.29, 0.717) is 24.5 Å². The second-order valence-corrected chi connectivity index (χ2v) is 5.30. The number of ketones is 1. The fourth-order valence-corrected chi connectivity index (χ4v) is 1.87. The molecule has 0 radical (unpaired) electrons. The van der Waals surface area contributed by atoms with Gasteiger partial charge in [0.1, 0.15) is 5.78 Å². The van der Waals surface area contributed by atoms with Gasteiger partial charge in [-0.05, 0) is 36.6 Å². The molecule has 0 amide bonds. The molecule has 0 aromatic carbocycles. The van der Waals surface area contributed by atoms with Crippen molar-refractivity contribution in [1.82, 2.24) is 15.2 Å². The molecule has 0 saturated heterocycles. The standard InChI is InChI=1S/C16H19N3O/c1-11(2)13-5-7-14(17-10-13)8-16(20)9-15-6-4-12(3)18-19-15/h4-7,10-11H,8-9H2,1-3H3. The third-order valence-electron chi connectivity index (χ3n) is 3.12. The molecule has 0 unspecified atom stereocenters. The molecule has 20 heavy (non-hydrogen) atoms. The molecule has 2 rings (SSSR count). The largest absolute Gasteiger partial charge is 0.299 e. The minimum Gasteiger partial charge on any atom is -0.299 e. The Balaban J connectivity index is 1.95. The van der Waals surface area contributed by atoms with E-state index in [-0.39, 0.29) is 5.78 Å². The molecule has 0 bridgehead atoms. The van der Waals surface area contributed by atoms with Gasteiger partial charge in [0, 0.05) is 18.3 Å². The molecule has 2 heterocycles. The molecule has 0 N–H and O–H groups in total. The molecule has 0 aliphatic heterocycles. The molecule has 0 saturated carbocycles. The average Bonchev–Trinajstić information content (AvgIpc) is 2.42. The van der Waals surface area contributed by atoms with Crippen LogP contribution in [-0.4, -0.2) is 21.0 Å². The van der Waals surface area contributed by atoms with Gasteiger partial charge in [-0.15, -0.1) is 0 Å². The van der Waals surface area contributed by atoms with Gasteiger partial charge in [0.25, 0.3) is 0 Å². The number of carbonyl (C=O) groups excluding carboxylic acids is 1. The van der Waals surface area contributed by atoms with Crippen LogP contribution in [0.2, 0.25) is 0 Å². The quantitative estimate of drug-likeness (QED) is 0.837. The zero-order chi connectivity index (χ0) is 14.5. The lowest BCUT2D eigenvalue weighted by Gasteiger charge is -2.05. The van der Waals surface area contributed by atoms with Crippen LogP contribution in [0.5, 0.6) is 0 Å². The highest BCUT2D eigenvalue weighted by Gasteiger charge is 2.08. The third kappa shape index (κ3) is 3.95. The van der Waals surface area contributed by atoms with E-state index >= 15 is 0 Å². The Kier molecular flexibility index (Phi) is 4.56. The van der Waals surface area contributed by atoms with E-state index in [4.69, 9.17) is 0 Å². The molecule has 0 aliphatic carbocycles. The van der Waals surface area contributed by atoms with Crippen LogP contribution < -0.4 is 0 Å². The fourth-order valence-electron chi connectivity index (χ4n) is 1.87. The zero-order valence-corrected chi connectivity index (χ0v) is 12.1. The minimum atomic E-state index is 0.105. The highest BCUT2D eigenvalue weighted by atomic mass is 16.1. The first kappa shape index (κ1) is 14.3. The summed E-state index contributed by atoms with van der Waals surface area (Å²) < 4.78 is 0. The highest BCUT2D eigenvalue weighted by Crippen LogP contribution is 2.13. The van der Waals surface area contributed by atoms with Gasteiger partial charge in [-0.2, -0.15) is 10.2 Å². The maximum absolute atomic E-state index is 12.0. The third-order valence-corrected chi connectivity index (χ3v) is 3.12. The molecule has 0 spiro atoms. The summed E-state index contributed by atoms with van der Waals surface area (Å²) in [5, 5.41) is 7.96. The van der Waals surface area contributed by atoms with Gasteiger partial charge in [-0.25, -0.2) is 0 Å². The van der Waals surface area contributed by atoms with Gasteiger partial charge in [0.2, 0.25) is 0 Å². The van der Waals surface area contributed by atoms with Crippen LogP contribution in [0.15, 0.2) is 30.5 Å². The van der Waals surface area contributed by atoms with Crippen LogP contribution in [0.4, 0.5) is 0 Å². The van der Waals surface area contributed by atoms with Crippen molar-refractivity contribution in [2.75, 3.05) is 0 Å². The Morgan fingerprint density at radius 1 is 1.05 bits per heavy atom. The molecule has 0 fully saturated rings. The first-order chi connectivity index (χ1) is 9.54. The Labute approximate surface area is 119 Å². The normalized spacial score (nSPS) is 10.8. The van der Waals surface area contributed by atoms with Gasteiger partial charge in [-0.3, -0.25) is 9.78 Å². The van der Waals surface area contributed by atoms with Gasteiger partial charge in [-0.1, -0.05) is 19.9 Å². The van der Waals surface area contributed by atoms with Crippen LogP contribution in [-0.2, 0) is 17.6 Å². The van der Waals surface area contributed by atoms with E-state index in [9.17, 15) is 4.79 Å². The average molecular weight is 269 g/mol. The number of hydrogen-bond donors (Lipinski definition) is 0. The SMILES string of the molecule is Cc1ccc(CC(=O)Cc2ccc(C(C)C)cn2)nn1. The van der Waals surface area contributed by atoms with E-state index in [1.165, 1.54) is 5.56 Å². The van der Waals surface area contributed by atoms with Gasteiger partial charge < -0.3 is 0 Å². The molecule has 2 aromatic heterocycles. The lowest BCUT2D eigenvalue weighted by molar-refractivity contribution is -0.117. The van der Waals surface area contributed by atoms with Crippen molar-refractivity contribution < 1.29 is 4.79 Å². The molecule has 104 valence electrons. The smallest absolute Gasteiger partial charge is 0.144 e. The number of nitrogens with zero attached hydrogens (tertiary/aromatic N) is 3. The van der Waals surface area contributed by atoms with Gasteiger partial charge in [0.15, 0.2) is 0 Å². The molecular weight excluding hydrogens is 250 g/mol. The second-order valence-electron chi connectivity index (χ2n) is 5.30. The molecule has 0 aliphatic rings. The summed E-state index contributed by atoms with van der Waals surface area (Å²) in [7, 11) is 0. The van der Waals surface area contributed by atoms with Crippen molar-refractivity contribution in [1.29, 1.82) is 0 Å². The van der Waals surface area contributed by atoms with E-state index in [1.807, 2.05) is 37.4 Å². The summed E-state index contributed by atoms with van der Waals surface area (Å²) in [5.41, 5.74) is 3.55. The lowest BCUT2D eigenvalue weighted by Crippen LogP contribution is -2.09.